The van der Waals surface area contributed by atoms with Crippen LogP contribution < -0.4 is 0 Å². The molecule has 108 valence electrons. The highest BCUT2D eigenvalue weighted by Crippen LogP contribution is 2.31. The van der Waals surface area contributed by atoms with Crippen molar-refractivity contribution in [3.8, 4) is 0 Å². The molecule has 3 rings (SSSR count). The molecule has 1 aromatic carbocycles. The van der Waals surface area contributed by atoms with Gasteiger partial charge in [-0.05, 0) is 30.5 Å². The molecule has 2 heterocycles. The average Bonchev–Trinajstić information content (AvgIpc) is 2.96. The smallest absolute Gasteiger partial charge is 0.253 e. The van der Waals surface area contributed by atoms with E-state index in [-0.39, 0.29) is 5.91 Å². The number of hydrogen-bond donors (Lipinski definition) is 0. The van der Waals surface area contributed by atoms with E-state index in [1.54, 1.807) is 11.8 Å². The van der Waals surface area contributed by atoms with Crippen LogP contribution in [0.1, 0.15) is 23.2 Å². The van der Waals surface area contributed by atoms with E-state index in [0.717, 1.165) is 18.4 Å². The number of ether oxygens (including phenoxy) is 2. The number of thioether (sulfide) groups is 1. The van der Waals surface area contributed by atoms with Crippen LogP contribution in [0.15, 0.2) is 29.2 Å². The molecule has 5 heteroatoms. The van der Waals surface area contributed by atoms with Crippen LogP contribution in [0.5, 0.6) is 0 Å². The number of amides is 1. The highest BCUT2D eigenvalue weighted by molar-refractivity contribution is 7.98. The van der Waals surface area contributed by atoms with E-state index in [0.29, 0.717) is 26.3 Å². The van der Waals surface area contributed by atoms with Crippen LogP contribution in [-0.2, 0) is 9.47 Å². The van der Waals surface area contributed by atoms with Crippen LogP contribution in [-0.4, -0.2) is 49.2 Å². The largest absolute Gasteiger partial charge is 0.347 e. The maximum atomic E-state index is 12.4. The van der Waals surface area contributed by atoms with E-state index < -0.39 is 5.79 Å². The molecule has 0 radical (unpaired) electrons. The summed E-state index contributed by atoms with van der Waals surface area (Å²) in [5.41, 5.74) is 0.756. The third-order valence-corrected chi connectivity index (χ3v) is 4.71. The monoisotopic (exact) mass is 293 g/mol. The number of piperidine rings is 1. The van der Waals surface area contributed by atoms with Gasteiger partial charge in [0.2, 0.25) is 0 Å². The summed E-state index contributed by atoms with van der Waals surface area (Å²) in [6.45, 7) is 2.74. The van der Waals surface area contributed by atoms with Gasteiger partial charge in [-0.1, -0.05) is 0 Å². The zero-order valence-corrected chi connectivity index (χ0v) is 12.4. The Hall–Kier alpha value is -1.04. The second-order valence-electron chi connectivity index (χ2n) is 5.13. The third kappa shape index (κ3) is 2.71. The van der Waals surface area contributed by atoms with Crippen LogP contribution in [0, 0.1) is 0 Å². The molecule has 2 fully saturated rings. The lowest BCUT2D eigenvalue weighted by Crippen LogP contribution is -2.47. The Morgan fingerprint density at radius 3 is 2.30 bits per heavy atom. The molecule has 0 atom stereocenters. The molecule has 20 heavy (non-hydrogen) atoms. The molecule has 0 bridgehead atoms. The maximum Gasteiger partial charge on any atom is 0.253 e. The number of likely N-dealkylation sites (tertiary alicyclic amines) is 1. The summed E-state index contributed by atoms with van der Waals surface area (Å²) in [5, 5.41) is 0. The van der Waals surface area contributed by atoms with Gasteiger partial charge in [0.25, 0.3) is 5.91 Å². The number of benzene rings is 1. The zero-order chi connectivity index (χ0) is 14.0. The van der Waals surface area contributed by atoms with Gasteiger partial charge in [-0.3, -0.25) is 4.79 Å². The minimum absolute atomic E-state index is 0.102. The number of nitrogens with zero attached hydrogens (tertiary/aromatic N) is 1. The third-order valence-electron chi connectivity index (χ3n) is 3.96. The van der Waals surface area contributed by atoms with Crippen molar-refractivity contribution in [3.05, 3.63) is 29.8 Å². The van der Waals surface area contributed by atoms with E-state index >= 15 is 0 Å². The Labute approximate surface area is 123 Å². The van der Waals surface area contributed by atoms with Gasteiger partial charge in [0, 0.05) is 36.4 Å². The maximum absolute atomic E-state index is 12.4. The summed E-state index contributed by atoms with van der Waals surface area (Å²) >= 11 is 1.68. The second-order valence-corrected chi connectivity index (χ2v) is 6.01. The lowest BCUT2D eigenvalue weighted by molar-refractivity contribution is -0.181. The molecule has 0 N–H and O–H groups in total. The van der Waals surface area contributed by atoms with Crippen molar-refractivity contribution in [2.24, 2.45) is 0 Å². The van der Waals surface area contributed by atoms with Crippen LogP contribution in [0.3, 0.4) is 0 Å². The first kappa shape index (κ1) is 13.9. The fourth-order valence-corrected chi connectivity index (χ4v) is 3.16. The average molecular weight is 293 g/mol. The fourth-order valence-electron chi connectivity index (χ4n) is 2.75. The molecule has 1 aromatic rings. The summed E-state index contributed by atoms with van der Waals surface area (Å²) < 4.78 is 11.4. The van der Waals surface area contributed by atoms with Crippen molar-refractivity contribution in [1.29, 1.82) is 0 Å². The normalized spacial score (nSPS) is 21.4. The van der Waals surface area contributed by atoms with Crippen molar-refractivity contribution in [1.82, 2.24) is 4.90 Å². The van der Waals surface area contributed by atoms with Crippen molar-refractivity contribution < 1.29 is 14.3 Å². The van der Waals surface area contributed by atoms with Gasteiger partial charge in [-0.15, -0.1) is 11.8 Å². The molecule has 1 amide bonds. The van der Waals surface area contributed by atoms with Gasteiger partial charge in [0.1, 0.15) is 0 Å². The summed E-state index contributed by atoms with van der Waals surface area (Å²) in [7, 11) is 0. The molecular formula is C15H19NO3S. The Kier molecular flexibility index (Phi) is 4.01. The number of carbonyl (C=O) groups excluding carboxylic acids is 1. The summed E-state index contributed by atoms with van der Waals surface area (Å²) in [6.07, 6.45) is 3.56. The first-order valence-corrected chi connectivity index (χ1v) is 8.16. The lowest BCUT2D eigenvalue weighted by Gasteiger charge is -2.37. The van der Waals surface area contributed by atoms with Crippen molar-refractivity contribution >= 4 is 17.7 Å². The Morgan fingerprint density at radius 2 is 1.75 bits per heavy atom. The number of hydrogen-bond acceptors (Lipinski definition) is 4. The SMILES string of the molecule is CSc1ccc(C(=O)N2CCC3(CC2)OCCO3)cc1. The molecule has 1 spiro atoms. The van der Waals surface area contributed by atoms with Crippen molar-refractivity contribution in [2.75, 3.05) is 32.6 Å². The van der Waals surface area contributed by atoms with Crippen LogP contribution in [0.25, 0.3) is 0 Å². The predicted octanol–water partition coefficient (Wildman–Crippen LogP) is 2.39. The number of rotatable bonds is 2. The van der Waals surface area contributed by atoms with E-state index in [2.05, 4.69) is 0 Å². The highest BCUT2D eigenvalue weighted by Gasteiger charge is 2.40. The van der Waals surface area contributed by atoms with E-state index in [1.807, 2.05) is 35.4 Å². The molecule has 0 aliphatic carbocycles. The fraction of sp³-hybridized carbons (Fsp3) is 0.533. The van der Waals surface area contributed by atoms with Crippen molar-refractivity contribution in [3.63, 3.8) is 0 Å². The molecule has 0 aromatic heterocycles. The quantitative estimate of drug-likeness (QED) is 0.785. The van der Waals surface area contributed by atoms with E-state index in [9.17, 15) is 4.79 Å². The number of carbonyl (C=O) groups is 1. The molecular weight excluding hydrogens is 274 g/mol. The van der Waals surface area contributed by atoms with E-state index in [4.69, 9.17) is 9.47 Å². The zero-order valence-electron chi connectivity index (χ0n) is 11.6. The second kappa shape index (κ2) is 5.76. The van der Waals surface area contributed by atoms with Gasteiger partial charge in [-0.2, -0.15) is 0 Å². The van der Waals surface area contributed by atoms with Crippen LogP contribution in [0.4, 0.5) is 0 Å². The minimum Gasteiger partial charge on any atom is -0.347 e. The Bertz CT molecular complexity index is 472. The molecule has 0 unspecified atom stereocenters. The lowest BCUT2D eigenvalue weighted by atomic mass is 10.0. The van der Waals surface area contributed by atoms with Gasteiger partial charge in [0.05, 0.1) is 13.2 Å². The molecule has 2 aliphatic heterocycles. The predicted molar refractivity (Wildman–Crippen MR) is 78.0 cm³/mol. The van der Waals surface area contributed by atoms with Crippen molar-refractivity contribution in [2.45, 2.75) is 23.5 Å². The summed E-state index contributed by atoms with van der Waals surface area (Å²) in [6, 6.07) is 7.79. The standard InChI is InChI=1S/C15H19NO3S/c1-20-13-4-2-12(3-5-13)14(17)16-8-6-15(7-9-16)18-10-11-19-15/h2-5H,6-11H2,1H3. The minimum atomic E-state index is -0.417. The van der Waals surface area contributed by atoms with Gasteiger partial charge < -0.3 is 14.4 Å². The molecule has 2 aliphatic rings. The molecule has 4 nitrogen and oxygen atoms in total. The highest BCUT2D eigenvalue weighted by atomic mass is 32.2. The Morgan fingerprint density at radius 1 is 1.15 bits per heavy atom. The van der Waals surface area contributed by atoms with Gasteiger partial charge in [0.15, 0.2) is 5.79 Å². The summed E-state index contributed by atoms with van der Waals surface area (Å²) in [5.74, 6) is -0.315. The first-order valence-electron chi connectivity index (χ1n) is 6.94. The van der Waals surface area contributed by atoms with Crippen LogP contribution >= 0.6 is 11.8 Å². The Balaban J connectivity index is 1.63. The topological polar surface area (TPSA) is 38.8 Å². The van der Waals surface area contributed by atoms with Gasteiger partial charge in [-0.25, -0.2) is 0 Å². The molecule has 0 saturated carbocycles. The summed E-state index contributed by atoms with van der Waals surface area (Å²) in [4.78, 5) is 15.5. The van der Waals surface area contributed by atoms with E-state index in [1.165, 1.54) is 4.90 Å². The van der Waals surface area contributed by atoms with Gasteiger partial charge >= 0.3 is 0 Å². The first-order chi connectivity index (χ1) is 9.72. The molecule has 2 saturated heterocycles. The van der Waals surface area contributed by atoms with Crippen LogP contribution in [0.2, 0.25) is 0 Å².